The number of aromatic nitrogens is 3. The number of primary amides is 1. The maximum atomic E-state index is 11.0. The van der Waals surface area contributed by atoms with Crippen LogP contribution in [0.4, 0.5) is 5.69 Å². The van der Waals surface area contributed by atoms with E-state index in [9.17, 15) is 4.79 Å². The number of nitrogens with two attached hydrogens (primary N) is 2. The summed E-state index contributed by atoms with van der Waals surface area (Å²) in [4.78, 5) is 15.2. The van der Waals surface area contributed by atoms with Gasteiger partial charge in [-0.3, -0.25) is 4.79 Å². The third kappa shape index (κ3) is 1.84. The van der Waals surface area contributed by atoms with Gasteiger partial charge in [-0.1, -0.05) is 6.07 Å². The van der Waals surface area contributed by atoms with Gasteiger partial charge in [0.25, 0.3) is 5.91 Å². The summed E-state index contributed by atoms with van der Waals surface area (Å²) in [6, 6.07) is 5.00. The summed E-state index contributed by atoms with van der Waals surface area (Å²) < 4.78 is 1.59. The Labute approximate surface area is 98.3 Å². The minimum atomic E-state index is -0.568. The molecule has 88 valence electrons. The Morgan fingerprint density at radius 1 is 1.35 bits per heavy atom. The molecule has 1 amide bonds. The molecule has 0 atom stereocenters. The van der Waals surface area contributed by atoms with Gasteiger partial charge in [0.1, 0.15) is 5.69 Å². The van der Waals surface area contributed by atoms with E-state index in [4.69, 9.17) is 11.5 Å². The van der Waals surface area contributed by atoms with Crippen LogP contribution in [0.2, 0.25) is 0 Å². The van der Waals surface area contributed by atoms with Gasteiger partial charge in [-0.25, -0.2) is 9.67 Å². The number of aryl methyl sites for hydroxylation is 1. The van der Waals surface area contributed by atoms with Crippen molar-refractivity contribution < 1.29 is 4.79 Å². The lowest BCUT2D eigenvalue weighted by Crippen LogP contribution is -2.14. The number of anilines is 1. The Morgan fingerprint density at radius 2 is 2.06 bits per heavy atom. The first kappa shape index (κ1) is 11.1. The molecule has 0 aliphatic carbocycles. The monoisotopic (exact) mass is 231 g/mol. The maximum absolute atomic E-state index is 11.0. The summed E-state index contributed by atoms with van der Waals surface area (Å²) >= 11 is 0. The van der Waals surface area contributed by atoms with Crippen LogP contribution in [0.5, 0.6) is 0 Å². The first-order valence-electron chi connectivity index (χ1n) is 5.09. The van der Waals surface area contributed by atoms with Gasteiger partial charge in [-0.15, -0.1) is 0 Å². The van der Waals surface area contributed by atoms with E-state index in [2.05, 4.69) is 10.1 Å². The molecule has 0 spiro atoms. The number of amides is 1. The second-order valence-corrected chi connectivity index (χ2v) is 3.74. The molecule has 0 aliphatic rings. The van der Waals surface area contributed by atoms with Crippen molar-refractivity contribution in [3.05, 3.63) is 35.3 Å². The molecule has 0 aromatic carbocycles. The Balaban J connectivity index is 2.56. The highest BCUT2D eigenvalue weighted by molar-refractivity contribution is 5.90. The summed E-state index contributed by atoms with van der Waals surface area (Å²) in [6.07, 6.45) is 0. The lowest BCUT2D eigenvalue weighted by molar-refractivity contribution is 0.0995. The van der Waals surface area contributed by atoms with Crippen LogP contribution in [0.15, 0.2) is 18.2 Å². The first-order valence-corrected chi connectivity index (χ1v) is 5.09. The molecule has 6 heteroatoms. The molecule has 0 bridgehead atoms. The molecule has 2 heterocycles. The summed E-state index contributed by atoms with van der Waals surface area (Å²) in [7, 11) is 0. The summed E-state index contributed by atoms with van der Waals surface area (Å²) in [6.45, 7) is 3.66. The fourth-order valence-electron chi connectivity index (χ4n) is 1.56. The molecular weight excluding hydrogens is 218 g/mol. The molecule has 2 rings (SSSR count). The van der Waals surface area contributed by atoms with Gasteiger partial charge in [0.2, 0.25) is 0 Å². The Kier molecular flexibility index (Phi) is 2.55. The SMILES string of the molecule is Cc1nn(-c2cccc(C(N)=O)n2)c(C)c1N. The lowest BCUT2D eigenvalue weighted by atomic mass is 10.3. The number of nitrogen functional groups attached to an aromatic ring is 1. The smallest absolute Gasteiger partial charge is 0.267 e. The van der Waals surface area contributed by atoms with E-state index in [1.807, 2.05) is 13.8 Å². The van der Waals surface area contributed by atoms with Crippen molar-refractivity contribution in [3.8, 4) is 5.82 Å². The van der Waals surface area contributed by atoms with E-state index < -0.39 is 5.91 Å². The van der Waals surface area contributed by atoms with Gasteiger partial charge < -0.3 is 11.5 Å². The fraction of sp³-hybridized carbons (Fsp3) is 0.182. The van der Waals surface area contributed by atoms with Crippen LogP contribution in [0.3, 0.4) is 0 Å². The highest BCUT2D eigenvalue weighted by atomic mass is 16.1. The van der Waals surface area contributed by atoms with Crippen LogP contribution in [0, 0.1) is 13.8 Å². The minimum Gasteiger partial charge on any atom is -0.396 e. The minimum absolute atomic E-state index is 0.202. The summed E-state index contributed by atoms with van der Waals surface area (Å²) in [5.74, 6) is -0.0417. The Morgan fingerprint density at radius 3 is 2.59 bits per heavy atom. The molecule has 0 saturated heterocycles. The normalized spacial score (nSPS) is 10.5. The van der Waals surface area contributed by atoms with Crippen molar-refractivity contribution in [2.24, 2.45) is 5.73 Å². The average Bonchev–Trinajstić information content (AvgIpc) is 2.57. The molecule has 2 aromatic rings. The second-order valence-electron chi connectivity index (χ2n) is 3.74. The van der Waals surface area contributed by atoms with Crippen LogP contribution in [0.1, 0.15) is 21.9 Å². The van der Waals surface area contributed by atoms with Gasteiger partial charge in [0.15, 0.2) is 5.82 Å². The maximum Gasteiger partial charge on any atom is 0.267 e. The van der Waals surface area contributed by atoms with E-state index in [1.165, 1.54) is 0 Å². The molecule has 17 heavy (non-hydrogen) atoms. The van der Waals surface area contributed by atoms with Crippen LogP contribution in [-0.2, 0) is 0 Å². The van der Waals surface area contributed by atoms with Crippen LogP contribution < -0.4 is 11.5 Å². The molecule has 0 radical (unpaired) electrons. The third-order valence-electron chi connectivity index (χ3n) is 2.55. The molecule has 4 N–H and O–H groups in total. The average molecular weight is 231 g/mol. The van der Waals surface area contributed by atoms with Crippen LogP contribution in [-0.4, -0.2) is 20.7 Å². The van der Waals surface area contributed by atoms with E-state index >= 15 is 0 Å². The van der Waals surface area contributed by atoms with Gasteiger partial charge >= 0.3 is 0 Å². The predicted molar refractivity (Wildman–Crippen MR) is 63.8 cm³/mol. The number of nitrogens with zero attached hydrogens (tertiary/aromatic N) is 3. The van der Waals surface area contributed by atoms with Gasteiger partial charge in [-0.2, -0.15) is 5.10 Å². The van der Waals surface area contributed by atoms with Crippen molar-refractivity contribution in [2.75, 3.05) is 5.73 Å². The first-order chi connectivity index (χ1) is 8.00. The van der Waals surface area contributed by atoms with Crippen LogP contribution in [0.25, 0.3) is 5.82 Å². The van der Waals surface area contributed by atoms with Crippen molar-refractivity contribution in [2.45, 2.75) is 13.8 Å². The zero-order valence-corrected chi connectivity index (χ0v) is 9.64. The van der Waals surface area contributed by atoms with Crippen molar-refractivity contribution >= 4 is 11.6 Å². The van der Waals surface area contributed by atoms with E-state index in [0.717, 1.165) is 11.4 Å². The van der Waals surface area contributed by atoms with Crippen molar-refractivity contribution in [3.63, 3.8) is 0 Å². The number of carbonyl (C=O) groups excluding carboxylic acids is 1. The fourth-order valence-corrected chi connectivity index (χ4v) is 1.56. The zero-order valence-electron chi connectivity index (χ0n) is 9.64. The molecule has 2 aromatic heterocycles. The predicted octanol–water partition coefficient (Wildman–Crippen LogP) is 0.565. The Hall–Kier alpha value is -2.37. The zero-order chi connectivity index (χ0) is 12.6. The highest BCUT2D eigenvalue weighted by Crippen LogP contribution is 2.18. The van der Waals surface area contributed by atoms with Gasteiger partial charge in [0.05, 0.1) is 17.1 Å². The van der Waals surface area contributed by atoms with Crippen molar-refractivity contribution in [1.82, 2.24) is 14.8 Å². The summed E-state index contributed by atoms with van der Waals surface area (Å²) in [5.41, 5.74) is 13.4. The Bertz CT molecular complexity index is 588. The molecule has 6 nitrogen and oxygen atoms in total. The molecule has 0 saturated carbocycles. The quantitative estimate of drug-likeness (QED) is 0.788. The number of pyridine rings is 1. The van der Waals surface area contributed by atoms with Gasteiger partial charge in [-0.05, 0) is 26.0 Å². The van der Waals surface area contributed by atoms with Crippen LogP contribution >= 0.6 is 0 Å². The number of carbonyl (C=O) groups is 1. The number of hydrogen-bond donors (Lipinski definition) is 2. The molecule has 0 fully saturated rings. The summed E-state index contributed by atoms with van der Waals surface area (Å²) in [5, 5.41) is 4.26. The topological polar surface area (TPSA) is 99.8 Å². The largest absolute Gasteiger partial charge is 0.396 e. The lowest BCUT2D eigenvalue weighted by Gasteiger charge is -2.04. The number of rotatable bonds is 2. The van der Waals surface area contributed by atoms with Crippen molar-refractivity contribution in [1.29, 1.82) is 0 Å². The standard InChI is InChI=1S/C11H13N5O/c1-6-10(12)7(2)16(15-6)9-5-3-4-8(14-9)11(13)17/h3-5H,12H2,1-2H3,(H2,13,17). The molecule has 0 unspecified atom stereocenters. The molecule has 0 aliphatic heterocycles. The van der Waals surface area contributed by atoms with Gasteiger partial charge in [0, 0.05) is 0 Å². The highest BCUT2D eigenvalue weighted by Gasteiger charge is 2.11. The third-order valence-corrected chi connectivity index (χ3v) is 2.55. The molecular formula is C11H13N5O. The van der Waals surface area contributed by atoms with E-state index in [-0.39, 0.29) is 5.69 Å². The van der Waals surface area contributed by atoms with E-state index in [0.29, 0.717) is 11.5 Å². The number of hydrogen-bond acceptors (Lipinski definition) is 4. The second kappa shape index (κ2) is 3.89. The van der Waals surface area contributed by atoms with E-state index in [1.54, 1.807) is 22.9 Å².